The Hall–Kier alpha value is -3.96. The molecule has 0 radical (unpaired) electrons. The lowest BCUT2D eigenvalue weighted by atomic mass is 10.0. The standard InChI is InChI=1S/C28H26N4O/c1-19-27-15-23(11-12-28(27)32-31-19)24-14-26(17-30-16-24)33-18-25(29)13-20-7-9-22(10-8-20)21-5-3-2-4-6-21/h2-12,14-17,25H,13,18,29H2,1H3,(H,31,32)/t25-/m0/s1. The zero-order chi connectivity index (χ0) is 22.6. The van der Waals surface area contributed by atoms with Crippen molar-refractivity contribution in [3.8, 4) is 28.0 Å². The summed E-state index contributed by atoms with van der Waals surface area (Å²) in [5.41, 5.74) is 14.1. The number of benzene rings is 3. The molecule has 3 N–H and O–H groups in total. The maximum Gasteiger partial charge on any atom is 0.138 e. The molecule has 0 aliphatic heterocycles. The molecule has 1 atom stereocenters. The largest absolute Gasteiger partial charge is 0.490 e. The van der Waals surface area contributed by atoms with E-state index in [0.29, 0.717) is 12.4 Å². The topological polar surface area (TPSA) is 76.8 Å². The summed E-state index contributed by atoms with van der Waals surface area (Å²) >= 11 is 0. The SMILES string of the molecule is Cc1[nH]nc2ccc(-c3cncc(OC[C@@H](N)Cc4ccc(-c5ccccc5)cc4)c3)cc12. The van der Waals surface area contributed by atoms with Gasteiger partial charge in [-0.2, -0.15) is 5.10 Å². The van der Waals surface area contributed by atoms with Crippen LogP contribution in [0.3, 0.4) is 0 Å². The number of aromatic amines is 1. The molecule has 33 heavy (non-hydrogen) atoms. The van der Waals surface area contributed by atoms with Crippen LogP contribution in [-0.2, 0) is 6.42 Å². The van der Waals surface area contributed by atoms with Crippen molar-refractivity contribution < 1.29 is 4.74 Å². The van der Waals surface area contributed by atoms with Crippen LogP contribution in [0.15, 0.2) is 91.3 Å². The van der Waals surface area contributed by atoms with Crippen LogP contribution in [-0.4, -0.2) is 27.8 Å². The van der Waals surface area contributed by atoms with E-state index in [4.69, 9.17) is 10.5 Å². The van der Waals surface area contributed by atoms with Crippen LogP contribution in [0.2, 0.25) is 0 Å². The van der Waals surface area contributed by atoms with Crippen molar-refractivity contribution in [2.75, 3.05) is 6.61 Å². The Kier molecular flexibility index (Phi) is 5.87. The van der Waals surface area contributed by atoms with Crippen molar-refractivity contribution in [1.82, 2.24) is 15.2 Å². The molecule has 164 valence electrons. The minimum Gasteiger partial charge on any atom is -0.490 e. The highest BCUT2D eigenvalue weighted by molar-refractivity contribution is 5.86. The summed E-state index contributed by atoms with van der Waals surface area (Å²) in [5.74, 6) is 0.714. The Bertz CT molecular complexity index is 1360. The van der Waals surface area contributed by atoms with Gasteiger partial charge in [-0.15, -0.1) is 0 Å². The van der Waals surface area contributed by atoms with E-state index in [0.717, 1.165) is 34.1 Å². The van der Waals surface area contributed by atoms with Crippen molar-refractivity contribution in [3.05, 3.63) is 103 Å². The predicted octanol–water partition coefficient (Wildman–Crippen LogP) is 5.55. The molecule has 5 rings (SSSR count). The molecular formula is C28H26N4O. The van der Waals surface area contributed by atoms with Crippen LogP contribution in [0.1, 0.15) is 11.3 Å². The van der Waals surface area contributed by atoms with E-state index in [1.807, 2.05) is 37.4 Å². The van der Waals surface area contributed by atoms with Gasteiger partial charge in [-0.1, -0.05) is 60.7 Å². The molecule has 0 fully saturated rings. The van der Waals surface area contributed by atoms with E-state index in [9.17, 15) is 0 Å². The first-order valence-electron chi connectivity index (χ1n) is 11.1. The van der Waals surface area contributed by atoms with E-state index in [-0.39, 0.29) is 6.04 Å². The average Bonchev–Trinajstić information content (AvgIpc) is 3.24. The molecule has 0 saturated carbocycles. The number of rotatable bonds is 7. The number of aromatic nitrogens is 3. The maximum absolute atomic E-state index is 6.36. The van der Waals surface area contributed by atoms with Crippen molar-refractivity contribution in [2.24, 2.45) is 5.73 Å². The van der Waals surface area contributed by atoms with Gasteiger partial charge in [0.25, 0.3) is 0 Å². The summed E-state index contributed by atoms with van der Waals surface area (Å²) < 4.78 is 5.99. The smallest absolute Gasteiger partial charge is 0.138 e. The Labute approximate surface area is 193 Å². The Morgan fingerprint density at radius 2 is 1.61 bits per heavy atom. The second kappa shape index (κ2) is 9.27. The summed E-state index contributed by atoms with van der Waals surface area (Å²) in [6.45, 7) is 2.44. The molecule has 5 nitrogen and oxygen atoms in total. The third-order valence-electron chi connectivity index (χ3n) is 5.81. The van der Waals surface area contributed by atoms with E-state index >= 15 is 0 Å². The fourth-order valence-electron chi connectivity index (χ4n) is 4.00. The highest BCUT2D eigenvalue weighted by Crippen LogP contribution is 2.27. The second-order valence-corrected chi connectivity index (χ2v) is 8.33. The van der Waals surface area contributed by atoms with Crippen molar-refractivity contribution in [2.45, 2.75) is 19.4 Å². The first-order valence-corrected chi connectivity index (χ1v) is 11.1. The monoisotopic (exact) mass is 434 g/mol. The van der Waals surface area contributed by atoms with Crippen LogP contribution in [0.5, 0.6) is 5.75 Å². The third-order valence-corrected chi connectivity index (χ3v) is 5.81. The van der Waals surface area contributed by atoms with Crippen LogP contribution >= 0.6 is 0 Å². The molecule has 0 unspecified atom stereocenters. The van der Waals surface area contributed by atoms with Gasteiger partial charge in [0.05, 0.1) is 11.7 Å². The lowest BCUT2D eigenvalue weighted by Crippen LogP contribution is -2.30. The predicted molar refractivity (Wildman–Crippen MR) is 133 cm³/mol. The van der Waals surface area contributed by atoms with Crippen molar-refractivity contribution in [1.29, 1.82) is 0 Å². The number of hydrogen-bond donors (Lipinski definition) is 2. The molecule has 5 aromatic rings. The molecule has 0 spiro atoms. The first kappa shape index (κ1) is 20.9. The molecule has 2 heterocycles. The highest BCUT2D eigenvalue weighted by atomic mass is 16.5. The lowest BCUT2D eigenvalue weighted by molar-refractivity contribution is 0.287. The molecule has 3 aromatic carbocycles. The minimum absolute atomic E-state index is 0.110. The molecule has 0 amide bonds. The van der Waals surface area contributed by atoms with E-state index in [1.165, 1.54) is 16.7 Å². The molecule has 0 aliphatic carbocycles. The summed E-state index contributed by atoms with van der Waals surface area (Å²) in [7, 11) is 0. The van der Waals surface area contributed by atoms with Gasteiger partial charge in [-0.3, -0.25) is 10.1 Å². The van der Waals surface area contributed by atoms with Gasteiger partial charge < -0.3 is 10.5 Å². The molecular weight excluding hydrogens is 408 g/mol. The zero-order valence-electron chi connectivity index (χ0n) is 18.5. The minimum atomic E-state index is -0.110. The Morgan fingerprint density at radius 1 is 0.848 bits per heavy atom. The molecule has 0 aliphatic rings. The van der Waals surface area contributed by atoms with Crippen molar-refractivity contribution in [3.63, 3.8) is 0 Å². The fraction of sp³-hybridized carbons (Fsp3) is 0.143. The van der Waals surface area contributed by atoms with Crippen LogP contribution in [0.25, 0.3) is 33.2 Å². The number of nitrogens with one attached hydrogen (secondary N) is 1. The quantitative estimate of drug-likeness (QED) is 0.352. The fourth-order valence-corrected chi connectivity index (χ4v) is 4.00. The van der Waals surface area contributed by atoms with Gasteiger partial charge in [0, 0.05) is 28.9 Å². The summed E-state index contributed by atoms with van der Waals surface area (Å²) in [6.07, 6.45) is 4.32. The number of nitrogens with two attached hydrogens (primary N) is 1. The molecule has 5 heteroatoms. The first-order chi connectivity index (χ1) is 16.2. The van der Waals surface area contributed by atoms with Gasteiger partial charge in [-0.25, -0.2) is 0 Å². The number of hydrogen-bond acceptors (Lipinski definition) is 4. The molecule has 2 aromatic heterocycles. The molecule has 0 bridgehead atoms. The lowest BCUT2D eigenvalue weighted by Gasteiger charge is -2.14. The number of fused-ring (bicyclic) bond motifs is 1. The zero-order valence-corrected chi connectivity index (χ0v) is 18.5. The van der Waals surface area contributed by atoms with Crippen LogP contribution < -0.4 is 10.5 Å². The third kappa shape index (κ3) is 4.78. The van der Waals surface area contributed by atoms with Crippen LogP contribution in [0.4, 0.5) is 0 Å². The Morgan fingerprint density at radius 3 is 2.42 bits per heavy atom. The Balaban J connectivity index is 1.22. The van der Waals surface area contributed by atoms with Gasteiger partial charge >= 0.3 is 0 Å². The number of pyridine rings is 1. The number of nitrogens with zero attached hydrogens (tertiary/aromatic N) is 2. The van der Waals surface area contributed by atoms with Gasteiger partial charge in [0.15, 0.2) is 0 Å². The maximum atomic E-state index is 6.36. The van der Waals surface area contributed by atoms with Gasteiger partial charge in [0.2, 0.25) is 0 Å². The van der Waals surface area contributed by atoms with E-state index in [2.05, 4.69) is 69.8 Å². The van der Waals surface area contributed by atoms with Crippen molar-refractivity contribution >= 4 is 10.9 Å². The van der Waals surface area contributed by atoms with Gasteiger partial charge in [0.1, 0.15) is 12.4 Å². The highest BCUT2D eigenvalue weighted by Gasteiger charge is 2.09. The van der Waals surface area contributed by atoms with E-state index < -0.39 is 0 Å². The molecule has 0 saturated heterocycles. The second-order valence-electron chi connectivity index (χ2n) is 8.33. The summed E-state index contributed by atoms with van der Waals surface area (Å²) in [6, 6.07) is 27.0. The van der Waals surface area contributed by atoms with E-state index in [1.54, 1.807) is 6.20 Å². The van der Waals surface area contributed by atoms with Crippen LogP contribution in [0, 0.1) is 6.92 Å². The number of aryl methyl sites for hydroxylation is 1. The normalized spacial score (nSPS) is 12.1. The average molecular weight is 435 g/mol. The summed E-state index contributed by atoms with van der Waals surface area (Å²) in [4.78, 5) is 4.36. The summed E-state index contributed by atoms with van der Waals surface area (Å²) in [5, 5.41) is 8.43. The number of H-pyrrole nitrogens is 1. The van der Waals surface area contributed by atoms with Gasteiger partial charge in [-0.05, 0) is 53.8 Å². The number of ether oxygens (including phenoxy) is 1.